The van der Waals surface area contributed by atoms with E-state index in [4.69, 9.17) is 0 Å². The Morgan fingerprint density at radius 2 is 1.12 bits per heavy atom. The number of aromatic nitrogens is 1. The van der Waals surface area contributed by atoms with Gasteiger partial charge in [0.1, 0.15) is 0 Å². The quantitative estimate of drug-likeness (QED) is 0.189. The van der Waals surface area contributed by atoms with E-state index in [2.05, 4.69) is 142 Å². The number of nitrogens with zero attached hydrogens (tertiary/aromatic N) is 2. The van der Waals surface area contributed by atoms with Crippen molar-refractivity contribution in [2.45, 2.75) is 0 Å². The molecule has 0 bridgehead atoms. The summed E-state index contributed by atoms with van der Waals surface area (Å²) in [4.78, 5) is 0. The monoisotopic (exact) mass is 572 g/mol. The first-order valence-electron chi connectivity index (χ1n) is 13.3. The molecule has 0 N–H and O–H groups in total. The average Bonchev–Trinajstić information content (AvgIpc) is 3.34. The van der Waals surface area contributed by atoms with Crippen LogP contribution < -0.4 is 0 Å². The van der Waals surface area contributed by atoms with E-state index in [1.165, 1.54) is 37.9 Å². The number of hydrogen-bond acceptors (Lipinski definition) is 1. The first-order chi connectivity index (χ1) is 19.7. The van der Waals surface area contributed by atoms with Crippen molar-refractivity contribution in [3.05, 3.63) is 137 Å². The van der Waals surface area contributed by atoms with Gasteiger partial charge >= 0.3 is 0 Å². The zero-order chi connectivity index (χ0) is 26.8. The highest BCUT2D eigenvalue weighted by molar-refractivity contribution is 9.10. The highest BCUT2D eigenvalue weighted by Crippen LogP contribution is 2.43. The summed E-state index contributed by atoms with van der Waals surface area (Å²) in [5.74, 6) is 0. The molecule has 0 saturated heterocycles. The molecule has 0 amide bonds. The Morgan fingerprint density at radius 1 is 0.525 bits per heavy atom. The Hall–Kier alpha value is -4.91. The van der Waals surface area contributed by atoms with Gasteiger partial charge in [-0.05, 0) is 102 Å². The first-order valence-corrected chi connectivity index (χ1v) is 14.1. The number of nitriles is 1. The van der Waals surface area contributed by atoms with E-state index in [0.29, 0.717) is 5.56 Å². The van der Waals surface area contributed by atoms with Gasteiger partial charge in [-0.2, -0.15) is 5.26 Å². The molecule has 1 heterocycles. The summed E-state index contributed by atoms with van der Waals surface area (Å²) in [7, 11) is 0. The van der Waals surface area contributed by atoms with E-state index >= 15 is 0 Å². The van der Waals surface area contributed by atoms with Crippen LogP contribution in [0.1, 0.15) is 5.56 Å². The van der Waals surface area contributed by atoms with Crippen molar-refractivity contribution in [1.82, 2.24) is 4.57 Å². The van der Waals surface area contributed by atoms with Crippen molar-refractivity contribution < 1.29 is 0 Å². The standard InChI is InChI=1S/C37H21BrN2/c38-37-30-11-5-3-9-28(30)36(29-10-4-6-12-31(29)37)26-15-18-35-33(21-26)32-19-23(22-39)13-17-34(32)40(35)27-16-14-24-7-1-2-8-25(24)20-27/h1-21H. The molecule has 0 saturated carbocycles. The van der Waals surface area contributed by atoms with Crippen molar-refractivity contribution in [2.24, 2.45) is 0 Å². The van der Waals surface area contributed by atoms with Gasteiger partial charge in [-0.25, -0.2) is 0 Å². The topological polar surface area (TPSA) is 28.7 Å². The molecule has 7 aromatic carbocycles. The fourth-order valence-electron chi connectivity index (χ4n) is 6.23. The number of fused-ring (bicyclic) bond motifs is 6. The SMILES string of the molecule is N#Cc1ccc2c(c1)c1cc(-c3c4ccccc4c(Br)c4ccccc34)ccc1n2-c1ccc2ccccc2c1. The summed E-state index contributed by atoms with van der Waals surface area (Å²) in [5, 5.41) is 19.2. The molecule has 186 valence electrons. The van der Waals surface area contributed by atoms with Crippen LogP contribution in [0, 0.1) is 11.3 Å². The van der Waals surface area contributed by atoms with E-state index in [-0.39, 0.29) is 0 Å². The molecule has 3 heteroatoms. The minimum atomic E-state index is 0.662. The average molecular weight is 573 g/mol. The van der Waals surface area contributed by atoms with Crippen LogP contribution in [0.4, 0.5) is 0 Å². The second kappa shape index (κ2) is 8.81. The number of halogens is 1. The predicted octanol–water partition coefficient (Wildman–Crippen LogP) is 10.5. The molecule has 8 aromatic rings. The van der Waals surface area contributed by atoms with Gasteiger partial charge in [0.15, 0.2) is 0 Å². The van der Waals surface area contributed by atoms with Gasteiger partial charge in [0, 0.05) is 20.9 Å². The summed E-state index contributed by atoms with van der Waals surface area (Å²) in [6.07, 6.45) is 0. The van der Waals surface area contributed by atoms with E-state index in [1.54, 1.807) is 0 Å². The lowest BCUT2D eigenvalue weighted by Gasteiger charge is -2.15. The number of benzene rings is 7. The van der Waals surface area contributed by atoms with Gasteiger partial charge in [0.2, 0.25) is 0 Å². The highest BCUT2D eigenvalue weighted by Gasteiger charge is 2.18. The maximum Gasteiger partial charge on any atom is 0.0991 e. The Balaban J connectivity index is 1.48. The largest absolute Gasteiger partial charge is 0.309 e. The molecule has 0 aliphatic heterocycles. The Kier molecular flexibility index (Phi) is 5.07. The van der Waals surface area contributed by atoms with Gasteiger partial charge in [0.25, 0.3) is 0 Å². The Morgan fingerprint density at radius 3 is 1.82 bits per heavy atom. The summed E-state index contributed by atoms with van der Waals surface area (Å²) in [6, 6.07) is 47.4. The van der Waals surface area contributed by atoms with Crippen LogP contribution in [0.5, 0.6) is 0 Å². The van der Waals surface area contributed by atoms with E-state index in [1.807, 2.05) is 12.1 Å². The van der Waals surface area contributed by atoms with Crippen molar-refractivity contribution in [3.8, 4) is 22.9 Å². The van der Waals surface area contributed by atoms with Crippen LogP contribution in [0.2, 0.25) is 0 Å². The highest BCUT2D eigenvalue weighted by atomic mass is 79.9. The Bertz CT molecular complexity index is 2300. The molecule has 0 atom stereocenters. The minimum absolute atomic E-state index is 0.662. The van der Waals surface area contributed by atoms with Gasteiger partial charge in [-0.1, -0.05) is 84.9 Å². The molecule has 0 fully saturated rings. The van der Waals surface area contributed by atoms with Crippen LogP contribution >= 0.6 is 15.9 Å². The minimum Gasteiger partial charge on any atom is -0.309 e. The number of hydrogen-bond donors (Lipinski definition) is 0. The van der Waals surface area contributed by atoms with E-state index in [0.717, 1.165) is 37.5 Å². The molecule has 0 aliphatic carbocycles. The zero-order valence-corrected chi connectivity index (χ0v) is 23.0. The zero-order valence-electron chi connectivity index (χ0n) is 21.4. The maximum absolute atomic E-state index is 9.75. The molecule has 1 aromatic heterocycles. The molecule has 0 aliphatic rings. The van der Waals surface area contributed by atoms with Gasteiger partial charge in [-0.15, -0.1) is 0 Å². The van der Waals surface area contributed by atoms with Crippen LogP contribution in [-0.4, -0.2) is 4.57 Å². The molecule has 0 unspecified atom stereocenters. The van der Waals surface area contributed by atoms with E-state index < -0.39 is 0 Å². The lowest BCUT2D eigenvalue weighted by Crippen LogP contribution is -1.94. The first kappa shape index (κ1) is 23.0. The van der Waals surface area contributed by atoms with Gasteiger partial charge < -0.3 is 4.57 Å². The van der Waals surface area contributed by atoms with Gasteiger partial charge in [0.05, 0.1) is 22.7 Å². The summed E-state index contributed by atoms with van der Waals surface area (Å²) in [5.41, 5.74) is 6.36. The summed E-state index contributed by atoms with van der Waals surface area (Å²) < 4.78 is 3.44. The third-order valence-corrected chi connectivity index (χ3v) is 8.89. The third-order valence-electron chi connectivity index (χ3n) is 8.04. The number of rotatable bonds is 2. The molecular formula is C37H21BrN2. The van der Waals surface area contributed by atoms with Crippen molar-refractivity contribution in [1.29, 1.82) is 5.26 Å². The lowest BCUT2D eigenvalue weighted by atomic mass is 9.91. The molecular weight excluding hydrogens is 552 g/mol. The maximum atomic E-state index is 9.75. The fraction of sp³-hybridized carbons (Fsp3) is 0. The molecule has 8 rings (SSSR count). The fourth-order valence-corrected chi connectivity index (χ4v) is 6.92. The van der Waals surface area contributed by atoms with Crippen molar-refractivity contribution in [2.75, 3.05) is 0 Å². The van der Waals surface area contributed by atoms with Gasteiger partial charge in [-0.3, -0.25) is 0 Å². The molecule has 0 spiro atoms. The Labute approximate surface area is 239 Å². The molecule has 0 radical (unpaired) electrons. The van der Waals surface area contributed by atoms with Crippen molar-refractivity contribution in [3.63, 3.8) is 0 Å². The van der Waals surface area contributed by atoms with Crippen LogP contribution in [0.25, 0.3) is 70.9 Å². The van der Waals surface area contributed by atoms with Crippen LogP contribution in [0.15, 0.2) is 132 Å². The second-order valence-corrected chi connectivity index (χ2v) is 11.0. The summed E-state index contributed by atoms with van der Waals surface area (Å²) >= 11 is 3.89. The predicted molar refractivity (Wildman–Crippen MR) is 171 cm³/mol. The molecule has 40 heavy (non-hydrogen) atoms. The third kappa shape index (κ3) is 3.33. The smallest absolute Gasteiger partial charge is 0.0991 e. The van der Waals surface area contributed by atoms with E-state index in [9.17, 15) is 5.26 Å². The lowest BCUT2D eigenvalue weighted by molar-refractivity contribution is 1.19. The van der Waals surface area contributed by atoms with Crippen molar-refractivity contribution >= 4 is 70.1 Å². The summed E-state index contributed by atoms with van der Waals surface area (Å²) in [6.45, 7) is 0. The van der Waals surface area contributed by atoms with Crippen LogP contribution in [-0.2, 0) is 0 Å². The second-order valence-electron chi connectivity index (χ2n) is 10.2. The normalized spacial score (nSPS) is 11.6. The molecule has 2 nitrogen and oxygen atoms in total. The van der Waals surface area contributed by atoms with Crippen LogP contribution in [0.3, 0.4) is 0 Å².